The Morgan fingerprint density at radius 3 is 2.95 bits per heavy atom. The number of nitrogens with zero attached hydrogens (tertiary/aromatic N) is 1. The van der Waals surface area contributed by atoms with Crippen LogP contribution in [0.3, 0.4) is 0 Å². The van der Waals surface area contributed by atoms with Crippen molar-refractivity contribution in [3.8, 4) is 0 Å². The van der Waals surface area contributed by atoms with E-state index in [1.54, 1.807) is 35.7 Å². The second-order valence-corrected chi connectivity index (χ2v) is 6.10. The standard InChI is InChI=1S/C13H14BrN3OS/c1-8(13-16-2-3-19-13)7-17-12(18)9-4-10(14)6-11(15)5-9/h2-6,8H,7,15H2,1H3,(H,17,18). The van der Waals surface area contributed by atoms with E-state index in [0.29, 0.717) is 17.8 Å². The molecule has 0 spiro atoms. The normalized spacial score (nSPS) is 12.1. The smallest absolute Gasteiger partial charge is 0.251 e. The number of nitrogens with one attached hydrogen (secondary N) is 1. The van der Waals surface area contributed by atoms with Gasteiger partial charge in [-0.1, -0.05) is 22.9 Å². The van der Waals surface area contributed by atoms with Crippen molar-refractivity contribution in [2.45, 2.75) is 12.8 Å². The van der Waals surface area contributed by atoms with Crippen LogP contribution < -0.4 is 11.1 Å². The summed E-state index contributed by atoms with van der Waals surface area (Å²) < 4.78 is 0.797. The van der Waals surface area contributed by atoms with Crippen LogP contribution in [-0.2, 0) is 0 Å². The molecule has 0 aliphatic heterocycles. The van der Waals surface area contributed by atoms with Gasteiger partial charge in [-0.25, -0.2) is 4.98 Å². The molecule has 0 saturated heterocycles. The minimum absolute atomic E-state index is 0.128. The zero-order valence-electron chi connectivity index (χ0n) is 10.4. The number of carbonyl (C=O) groups is 1. The van der Waals surface area contributed by atoms with Crippen LogP contribution in [0.4, 0.5) is 5.69 Å². The van der Waals surface area contributed by atoms with Crippen LogP contribution in [0, 0.1) is 0 Å². The molecule has 2 aromatic rings. The molecular weight excluding hydrogens is 326 g/mol. The van der Waals surface area contributed by atoms with Crippen LogP contribution in [0.25, 0.3) is 0 Å². The molecule has 2 rings (SSSR count). The van der Waals surface area contributed by atoms with Crippen molar-refractivity contribution in [3.63, 3.8) is 0 Å². The molecule has 19 heavy (non-hydrogen) atoms. The van der Waals surface area contributed by atoms with Crippen molar-refractivity contribution in [2.24, 2.45) is 0 Å². The van der Waals surface area contributed by atoms with Crippen LogP contribution in [0.2, 0.25) is 0 Å². The first-order valence-corrected chi connectivity index (χ1v) is 7.47. The van der Waals surface area contributed by atoms with Gasteiger partial charge in [-0.15, -0.1) is 11.3 Å². The number of nitrogens with two attached hydrogens (primary N) is 1. The van der Waals surface area contributed by atoms with E-state index in [1.807, 2.05) is 12.3 Å². The predicted octanol–water partition coefficient (Wildman–Crippen LogP) is 3.02. The molecule has 0 aliphatic rings. The minimum Gasteiger partial charge on any atom is -0.399 e. The Kier molecular flexibility index (Phi) is 4.55. The highest BCUT2D eigenvalue weighted by molar-refractivity contribution is 9.10. The lowest BCUT2D eigenvalue weighted by Crippen LogP contribution is -2.27. The molecule has 1 aromatic heterocycles. The van der Waals surface area contributed by atoms with Crippen LogP contribution in [0.1, 0.15) is 28.2 Å². The topological polar surface area (TPSA) is 68.0 Å². The number of halogens is 1. The monoisotopic (exact) mass is 339 g/mol. The SMILES string of the molecule is CC(CNC(=O)c1cc(N)cc(Br)c1)c1nccs1. The van der Waals surface area contributed by atoms with Gasteiger partial charge < -0.3 is 11.1 Å². The summed E-state index contributed by atoms with van der Waals surface area (Å²) in [5.41, 5.74) is 6.83. The first kappa shape index (κ1) is 14.0. The lowest BCUT2D eigenvalue weighted by Gasteiger charge is -2.10. The molecule has 0 aliphatic carbocycles. The Bertz CT molecular complexity index is 551. The molecule has 1 aromatic carbocycles. The highest BCUT2D eigenvalue weighted by atomic mass is 79.9. The van der Waals surface area contributed by atoms with Gasteiger partial charge in [-0.3, -0.25) is 4.79 Å². The van der Waals surface area contributed by atoms with Crippen molar-refractivity contribution in [3.05, 3.63) is 44.8 Å². The first-order chi connectivity index (χ1) is 9.06. The summed E-state index contributed by atoms with van der Waals surface area (Å²) in [6.07, 6.45) is 1.77. The van der Waals surface area contributed by atoms with Gasteiger partial charge in [0.25, 0.3) is 5.91 Å². The highest BCUT2D eigenvalue weighted by Gasteiger charge is 2.12. The number of benzene rings is 1. The van der Waals surface area contributed by atoms with E-state index in [9.17, 15) is 4.79 Å². The van der Waals surface area contributed by atoms with Gasteiger partial charge in [0, 0.05) is 39.8 Å². The Hall–Kier alpha value is -1.40. The van der Waals surface area contributed by atoms with Crippen LogP contribution in [0.15, 0.2) is 34.2 Å². The molecule has 0 fully saturated rings. The summed E-state index contributed by atoms with van der Waals surface area (Å²) in [7, 11) is 0. The van der Waals surface area contributed by atoms with Crippen molar-refractivity contribution in [2.75, 3.05) is 12.3 Å². The maximum absolute atomic E-state index is 12.0. The molecule has 100 valence electrons. The number of anilines is 1. The van der Waals surface area contributed by atoms with E-state index < -0.39 is 0 Å². The fourth-order valence-electron chi connectivity index (χ4n) is 1.66. The molecule has 1 atom stereocenters. The summed E-state index contributed by atoms with van der Waals surface area (Å²) in [5.74, 6) is 0.0739. The number of rotatable bonds is 4. The van der Waals surface area contributed by atoms with Crippen molar-refractivity contribution in [1.82, 2.24) is 10.3 Å². The zero-order valence-corrected chi connectivity index (χ0v) is 12.8. The highest BCUT2D eigenvalue weighted by Crippen LogP contribution is 2.18. The number of amides is 1. The van der Waals surface area contributed by atoms with Gasteiger partial charge in [0.1, 0.15) is 0 Å². The maximum Gasteiger partial charge on any atom is 0.251 e. The predicted molar refractivity (Wildman–Crippen MR) is 81.4 cm³/mol. The van der Waals surface area contributed by atoms with Crippen LogP contribution >= 0.6 is 27.3 Å². The molecule has 4 nitrogen and oxygen atoms in total. The van der Waals surface area contributed by atoms with E-state index in [4.69, 9.17) is 5.73 Å². The van der Waals surface area contributed by atoms with E-state index in [-0.39, 0.29) is 11.8 Å². The van der Waals surface area contributed by atoms with Gasteiger partial charge in [-0.2, -0.15) is 0 Å². The first-order valence-electron chi connectivity index (χ1n) is 5.80. The fourth-order valence-corrected chi connectivity index (χ4v) is 2.87. The summed E-state index contributed by atoms with van der Waals surface area (Å²) in [6, 6.07) is 5.17. The number of nitrogen functional groups attached to an aromatic ring is 1. The van der Waals surface area contributed by atoms with Gasteiger partial charge in [-0.05, 0) is 18.2 Å². The zero-order chi connectivity index (χ0) is 13.8. The second-order valence-electron chi connectivity index (χ2n) is 4.25. The molecule has 0 radical (unpaired) electrons. The number of hydrogen-bond acceptors (Lipinski definition) is 4. The number of hydrogen-bond donors (Lipinski definition) is 2. The van der Waals surface area contributed by atoms with Gasteiger partial charge in [0.15, 0.2) is 0 Å². The van der Waals surface area contributed by atoms with E-state index in [2.05, 4.69) is 26.2 Å². The number of thiazole rings is 1. The average Bonchev–Trinajstić information content (AvgIpc) is 2.88. The van der Waals surface area contributed by atoms with Gasteiger partial charge in [0.05, 0.1) is 5.01 Å². The summed E-state index contributed by atoms with van der Waals surface area (Å²) >= 11 is 4.92. The van der Waals surface area contributed by atoms with Crippen LogP contribution in [0.5, 0.6) is 0 Å². The van der Waals surface area contributed by atoms with Crippen molar-refractivity contribution < 1.29 is 4.79 Å². The third-order valence-electron chi connectivity index (χ3n) is 2.62. The minimum atomic E-state index is -0.128. The molecule has 1 amide bonds. The van der Waals surface area contributed by atoms with Crippen molar-refractivity contribution in [1.29, 1.82) is 0 Å². The summed E-state index contributed by atoms with van der Waals surface area (Å²) in [5, 5.41) is 5.85. The Morgan fingerprint density at radius 2 is 2.32 bits per heavy atom. The van der Waals surface area contributed by atoms with Gasteiger partial charge in [0.2, 0.25) is 0 Å². The number of carbonyl (C=O) groups excluding carboxylic acids is 1. The third-order valence-corrected chi connectivity index (χ3v) is 4.09. The molecule has 1 unspecified atom stereocenters. The Labute approximate surface area is 124 Å². The average molecular weight is 340 g/mol. The lowest BCUT2D eigenvalue weighted by molar-refractivity contribution is 0.0951. The molecule has 0 saturated carbocycles. The lowest BCUT2D eigenvalue weighted by atomic mass is 10.1. The summed E-state index contributed by atoms with van der Waals surface area (Å²) in [4.78, 5) is 16.3. The van der Waals surface area contributed by atoms with Crippen LogP contribution in [-0.4, -0.2) is 17.4 Å². The van der Waals surface area contributed by atoms with Crippen molar-refractivity contribution >= 4 is 38.9 Å². The molecular formula is C13H14BrN3OS. The maximum atomic E-state index is 12.0. The third kappa shape index (κ3) is 3.78. The fraction of sp³-hybridized carbons (Fsp3) is 0.231. The molecule has 6 heteroatoms. The second kappa shape index (κ2) is 6.16. The molecule has 0 bridgehead atoms. The molecule has 1 heterocycles. The van der Waals surface area contributed by atoms with E-state index in [1.165, 1.54) is 0 Å². The Balaban J connectivity index is 1.98. The van der Waals surface area contributed by atoms with E-state index >= 15 is 0 Å². The summed E-state index contributed by atoms with van der Waals surface area (Å²) in [6.45, 7) is 2.59. The Morgan fingerprint density at radius 1 is 1.53 bits per heavy atom. The quantitative estimate of drug-likeness (QED) is 0.841. The van der Waals surface area contributed by atoms with Gasteiger partial charge >= 0.3 is 0 Å². The number of aromatic nitrogens is 1. The largest absolute Gasteiger partial charge is 0.399 e. The molecule has 3 N–H and O–H groups in total. The van der Waals surface area contributed by atoms with E-state index in [0.717, 1.165) is 9.48 Å².